The number of hydrogen-bond donors (Lipinski definition) is 1. The molecular weight excluding hydrogens is 288 g/mol. The molecule has 1 aliphatic carbocycles. The lowest BCUT2D eigenvalue weighted by atomic mass is 9.65. The van der Waals surface area contributed by atoms with E-state index < -0.39 is 9.84 Å². The molecule has 2 saturated heterocycles. The van der Waals surface area contributed by atoms with Crippen LogP contribution in [0.5, 0.6) is 0 Å². The summed E-state index contributed by atoms with van der Waals surface area (Å²) in [6.07, 6.45) is 3.82. The lowest BCUT2D eigenvalue weighted by molar-refractivity contribution is 0.129. The molecule has 3 aliphatic rings. The highest BCUT2D eigenvalue weighted by Gasteiger charge is 2.51. The van der Waals surface area contributed by atoms with E-state index in [2.05, 4.69) is 26.1 Å². The molecule has 120 valence electrons. The fourth-order valence-corrected chi connectivity index (χ4v) is 6.54. The molecule has 3 atom stereocenters. The van der Waals surface area contributed by atoms with Crippen LogP contribution in [0, 0.1) is 10.8 Å². The number of likely N-dealkylation sites (tertiary alicyclic amines) is 1. The Morgan fingerprint density at radius 3 is 2.57 bits per heavy atom. The van der Waals surface area contributed by atoms with Gasteiger partial charge < -0.3 is 10.2 Å². The molecule has 2 amide bonds. The highest BCUT2D eigenvalue weighted by molar-refractivity contribution is 7.91. The summed E-state index contributed by atoms with van der Waals surface area (Å²) in [7, 11) is -2.95. The van der Waals surface area contributed by atoms with Crippen molar-refractivity contribution in [3.05, 3.63) is 0 Å². The van der Waals surface area contributed by atoms with Crippen molar-refractivity contribution in [2.24, 2.45) is 10.8 Å². The lowest BCUT2D eigenvalue weighted by Gasteiger charge is -2.39. The molecule has 2 bridgehead atoms. The SMILES string of the molecule is CC1(C)CC2CC(C)(CN2C(=O)NC2CCS(=O)(=O)C2)C1. The number of nitrogens with zero attached hydrogens (tertiary/aromatic N) is 1. The maximum absolute atomic E-state index is 12.5. The van der Waals surface area contributed by atoms with Crippen molar-refractivity contribution in [2.45, 2.75) is 58.5 Å². The van der Waals surface area contributed by atoms with E-state index in [9.17, 15) is 13.2 Å². The average Bonchev–Trinajstić information content (AvgIpc) is 2.74. The summed E-state index contributed by atoms with van der Waals surface area (Å²) < 4.78 is 23.0. The summed E-state index contributed by atoms with van der Waals surface area (Å²) in [5.41, 5.74) is 0.495. The molecule has 0 radical (unpaired) electrons. The molecule has 2 heterocycles. The van der Waals surface area contributed by atoms with Crippen molar-refractivity contribution in [3.63, 3.8) is 0 Å². The summed E-state index contributed by atoms with van der Waals surface area (Å²) in [6, 6.07) is 0.0315. The van der Waals surface area contributed by atoms with Gasteiger partial charge in [-0.1, -0.05) is 20.8 Å². The molecule has 0 aromatic heterocycles. The molecule has 6 heteroatoms. The first-order chi connectivity index (χ1) is 9.58. The predicted octanol–water partition coefficient (Wildman–Crippen LogP) is 1.78. The average molecular weight is 314 g/mol. The van der Waals surface area contributed by atoms with Crippen LogP contribution in [0.25, 0.3) is 0 Å². The van der Waals surface area contributed by atoms with E-state index in [0.717, 1.165) is 25.8 Å². The smallest absolute Gasteiger partial charge is 0.317 e. The van der Waals surface area contributed by atoms with Crippen LogP contribution in [0.3, 0.4) is 0 Å². The van der Waals surface area contributed by atoms with Gasteiger partial charge in [-0.2, -0.15) is 0 Å². The van der Waals surface area contributed by atoms with Crippen LogP contribution in [0.4, 0.5) is 4.79 Å². The minimum Gasteiger partial charge on any atom is -0.334 e. The quantitative estimate of drug-likeness (QED) is 0.802. The fraction of sp³-hybridized carbons (Fsp3) is 0.933. The molecule has 1 saturated carbocycles. The van der Waals surface area contributed by atoms with Crippen LogP contribution in [0.2, 0.25) is 0 Å². The number of carbonyl (C=O) groups is 1. The summed E-state index contributed by atoms with van der Waals surface area (Å²) in [6.45, 7) is 7.63. The van der Waals surface area contributed by atoms with E-state index in [1.165, 1.54) is 0 Å². The van der Waals surface area contributed by atoms with Crippen LogP contribution in [0.15, 0.2) is 0 Å². The van der Waals surface area contributed by atoms with E-state index in [1.807, 2.05) is 4.90 Å². The second-order valence-electron chi connectivity index (χ2n) is 8.39. The van der Waals surface area contributed by atoms with Crippen LogP contribution in [-0.2, 0) is 9.84 Å². The monoisotopic (exact) mass is 314 g/mol. The summed E-state index contributed by atoms with van der Waals surface area (Å²) in [5.74, 6) is 0.298. The van der Waals surface area contributed by atoms with Gasteiger partial charge in [-0.05, 0) is 36.5 Å². The largest absolute Gasteiger partial charge is 0.334 e. The van der Waals surface area contributed by atoms with Gasteiger partial charge in [0.05, 0.1) is 11.5 Å². The first-order valence-corrected chi connectivity index (χ1v) is 9.67. The van der Waals surface area contributed by atoms with Gasteiger partial charge in [0.2, 0.25) is 0 Å². The Bertz CT molecular complexity index is 557. The fourth-order valence-electron chi connectivity index (χ4n) is 4.86. The molecule has 0 aromatic carbocycles. The van der Waals surface area contributed by atoms with Crippen LogP contribution >= 0.6 is 0 Å². The molecule has 1 N–H and O–H groups in total. The maximum Gasteiger partial charge on any atom is 0.317 e. The molecule has 5 nitrogen and oxygen atoms in total. The van der Waals surface area contributed by atoms with Crippen molar-refractivity contribution < 1.29 is 13.2 Å². The van der Waals surface area contributed by atoms with E-state index in [0.29, 0.717) is 12.5 Å². The Morgan fingerprint density at radius 1 is 1.24 bits per heavy atom. The third-order valence-corrected chi connectivity index (χ3v) is 7.00. The highest BCUT2D eigenvalue weighted by atomic mass is 32.2. The molecule has 3 fully saturated rings. The predicted molar refractivity (Wildman–Crippen MR) is 81.8 cm³/mol. The summed E-state index contributed by atoms with van der Waals surface area (Å²) >= 11 is 0. The van der Waals surface area contributed by atoms with E-state index in [-0.39, 0.29) is 34.4 Å². The molecular formula is C15H26N2O3S. The van der Waals surface area contributed by atoms with E-state index >= 15 is 0 Å². The Balaban J connectivity index is 1.67. The second-order valence-corrected chi connectivity index (χ2v) is 10.6. The zero-order valence-electron chi connectivity index (χ0n) is 13.2. The maximum atomic E-state index is 12.5. The Kier molecular flexibility index (Phi) is 3.32. The van der Waals surface area contributed by atoms with Crippen molar-refractivity contribution in [1.82, 2.24) is 10.2 Å². The third-order valence-electron chi connectivity index (χ3n) is 5.24. The molecule has 0 spiro atoms. The van der Waals surface area contributed by atoms with E-state index in [1.54, 1.807) is 0 Å². The summed E-state index contributed by atoms with van der Waals surface area (Å²) in [4.78, 5) is 14.5. The van der Waals surface area contributed by atoms with Crippen molar-refractivity contribution in [1.29, 1.82) is 0 Å². The normalized spacial score (nSPS) is 40.2. The zero-order chi connectivity index (χ0) is 15.5. The molecule has 2 aliphatic heterocycles. The lowest BCUT2D eigenvalue weighted by Crippen LogP contribution is -2.47. The van der Waals surface area contributed by atoms with Gasteiger partial charge in [0, 0.05) is 18.6 Å². The van der Waals surface area contributed by atoms with Crippen LogP contribution < -0.4 is 5.32 Å². The number of rotatable bonds is 1. The van der Waals surface area contributed by atoms with Gasteiger partial charge >= 0.3 is 6.03 Å². The van der Waals surface area contributed by atoms with Crippen molar-refractivity contribution in [3.8, 4) is 0 Å². The zero-order valence-corrected chi connectivity index (χ0v) is 14.0. The van der Waals surface area contributed by atoms with Gasteiger partial charge in [-0.25, -0.2) is 13.2 Å². The molecule has 21 heavy (non-hydrogen) atoms. The van der Waals surface area contributed by atoms with Gasteiger partial charge in [-0.3, -0.25) is 0 Å². The van der Waals surface area contributed by atoms with E-state index in [4.69, 9.17) is 0 Å². The second kappa shape index (κ2) is 4.61. The molecule has 3 unspecified atom stereocenters. The highest BCUT2D eigenvalue weighted by Crippen LogP contribution is 2.52. The number of amides is 2. The standard InChI is InChI=1S/C15H26N2O3S/c1-14(2)6-12-7-15(3,9-14)10-17(12)13(18)16-11-4-5-21(19,20)8-11/h11-12H,4-10H2,1-3H3,(H,16,18). The third kappa shape index (κ3) is 3.05. The van der Waals surface area contributed by atoms with Gasteiger partial charge in [-0.15, -0.1) is 0 Å². The minimum atomic E-state index is -2.95. The molecule has 0 aromatic rings. The van der Waals surface area contributed by atoms with Crippen LogP contribution in [-0.4, -0.2) is 49.5 Å². The Morgan fingerprint density at radius 2 is 1.95 bits per heavy atom. The number of sulfone groups is 1. The Labute approximate surface area is 127 Å². The van der Waals surface area contributed by atoms with Gasteiger partial charge in [0.1, 0.15) is 0 Å². The first-order valence-electron chi connectivity index (χ1n) is 7.85. The number of urea groups is 1. The first kappa shape index (κ1) is 15.1. The van der Waals surface area contributed by atoms with Gasteiger partial charge in [0.25, 0.3) is 0 Å². The van der Waals surface area contributed by atoms with Gasteiger partial charge in [0.15, 0.2) is 9.84 Å². The van der Waals surface area contributed by atoms with Crippen molar-refractivity contribution in [2.75, 3.05) is 18.1 Å². The number of carbonyl (C=O) groups excluding carboxylic acids is 1. The number of nitrogens with one attached hydrogen (secondary N) is 1. The minimum absolute atomic E-state index is 0.0662. The number of hydrogen-bond acceptors (Lipinski definition) is 3. The Hall–Kier alpha value is -0.780. The van der Waals surface area contributed by atoms with Crippen LogP contribution in [0.1, 0.15) is 46.5 Å². The number of fused-ring (bicyclic) bond motifs is 2. The molecule has 3 rings (SSSR count). The summed E-state index contributed by atoms with van der Waals surface area (Å²) in [5, 5.41) is 2.94. The van der Waals surface area contributed by atoms with Crippen molar-refractivity contribution >= 4 is 15.9 Å². The topological polar surface area (TPSA) is 66.5 Å².